The molecule has 0 spiro atoms. The maximum absolute atomic E-state index is 4.53. The van der Waals surface area contributed by atoms with Gasteiger partial charge in [0, 0.05) is 12.4 Å². The van der Waals surface area contributed by atoms with Crippen LogP contribution in [0.25, 0.3) is 5.65 Å². The second-order valence-corrected chi connectivity index (χ2v) is 4.73. The van der Waals surface area contributed by atoms with Crippen LogP contribution in [0.2, 0.25) is 0 Å². The molecule has 0 bridgehead atoms. The third-order valence-electron chi connectivity index (χ3n) is 2.45. The quantitative estimate of drug-likeness (QED) is 0.837. The normalized spacial score (nSPS) is 11.5. The van der Waals surface area contributed by atoms with Crippen LogP contribution in [0.3, 0.4) is 0 Å². The highest BCUT2D eigenvalue weighted by molar-refractivity contribution is 9.10. The van der Waals surface area contributed by atoms with E-state index in [0.717, 1.165) is 22.2 Å². The first kappa shape index (κ1) is 10.6. The number of rotatable bonds is 2. The molecule has 0 saturated heterocycles. The van der Waals surface area contributed by atoms with Crippen LogP contribution in [-0.4, -0.2) is 14.6 Å². The molecule has 15 heavy (non-hydrogen) atoms. The van der Waals surface area contributed by atoms with Crippen LogP contribution in [0.5, 0.6) is 0 Å². The van der Waals surface area contributed by atoms with Gasteiger partial charge >= 0.3 is 0 Å². The standard InChI is InChI=1S/C11H14BrN3/c1-4-8-5-13-11-9(12)10(7(2)3)14-15(11)6-8/h5-7H,4H2,1-3H3. The highest BCUT2D eigenvalue weighted by atomic mass is 79.9. The van der Waals surface area contributed by atoms with Gasteiger partial charge in [0.15, 0.2) is 5.65 Å². The predicted molar refractivity (Wildman–Crippen MR) is 64.2 cm³/mol. The van der Waals surface area contributed by atoms with Crippen LogP contribution in [-0.2, 0) is 6.42 Å². The van der Waals surface area contributed by atoms with Crippen LogP contribution in [0.15, 0.2) is 16.9 Å². The first-order valence-electron chi connectivity index (χ1n) is 5.16. The lowest BCUT2D eigenvalue weighted by molar-refractivity contribution is 0.780. The van der Waals surface area contributed by atoms with Gasteiger partial charge < -0.3 is 0 Å². The molecule has 0 amide bonds. The predicted octanol–water partition coefficient (Wildman–Crippen LogP) is 3.18. The van der Waals surface area contributed by atoms with E-state index in [1.54, 1.807) is 0 Å². The van der Waals surface area contributed by atoms with Crippen molar-refractivity contribution in [1.82, 2.24) is 14.6 Å². The van der Waals surface area contributed by atoms with Crippen molar-refractivity contribution in [3.63, 3.8) is 0 Å². The Balaban J connectivity index is 2.65. The smallest absolute Gasteiger partial charge is 0.169 e. The number of fused-ring (bicyclic) bond motifs is 1. The summed E-state index contributed by atoms with van der Waals surface area (Å²) >= 11 is 3.55. The monoisotopic (exact) mass is 267 g/mol. The molecule has 80 valence electrons. The van der Waals surface area contributed by atoms with Gasteiger partial charge in [-0.1, -0.05) is 20.8 Å². The fraction of sp³-hybridized carbons (Fsp3) is 0.455. The lowest BCUT2D eigenvalue weighted by atomic mass is 10.1. The minimum Gasteiger partial charge on any atom is -0.236 e. The van der Waals surface area contributed by atoms with Crippen LogP contribution in [0, 0.1) is 0 Å². The molecule has 0 radical (unpaired) electrons. The summed E-state index contributed by atoms with van der Waals surface area (Å²) in [6.45, 7) is 6.38. The van der Waals surface area contributed by atoms with Crippen molar-refractivity contribution in [2.75, 3.05) is 0 Å². The Morgan fingerprint density at radius 2 is 2.20 bits per heavy atom. The molecular weight excluding hydrogens is 254 g/mol. The van der Waals surface area contributed by atoms with Crippen LogP contribution in [0.1, 0.15) is 37.9 Å². The largest absolute Gasteiger partial charge is 0.236 e. The van der Waals surface area contributed by atoms with E-state index >= 15 is 0 Å². The second-order valence-electron chi connectivity index (χ2n) is 3.94. The van der Waals surface area contributed by atoms with Gasteiger partial charge in [-0.2, -0.15) is 5.10 Å². The summed E-state index contributed by atoms with van der Waals surface area (Å²) in [5.41, 5.74) is 3.17. The van der Waals surface area contributed by atoms with E-state index in [1.165, 1.54) is 5.56 Å². The summed E-state index contributed by atoms with van der Waals surface area (Å²) in [7, 11) is 0. The van der Waals surface area contributed by atoms with Gasteiger partial charge in [-0.3, -0.25) is 0 Å². The molecule has 0 aromatic carbocycles. The Hall–Kier alpha value is -0.900. The average molecular weight is 268 g/mol. The Labute approximate surface area is 97.6 Å². The van der Waals surface area contributed by atoms with Crippen molar-refractivity contribution in [2.24, 2.45) is 0 Å². The minimum absolute atomic E-state index is 0.408. The molecule has 3 nitrogen and oxygen atoms in total. The molecule has 0 unspecified atom stereocenters. The molecule has 0 fully saturated rings. The van der Waals surface area contributed by atoms with Gasteiger partial charge in [0.1, 0.15) is 0 Å². The Morgan fingerprint density at radius 1 is 1.47 bits per heavy atom. The topological polar surface area (TPSA) is 30.2 Å². The van der Waals surface area contributed by atoms with E-state index in [1.807, 2.05) is 16.9 Å². The van der Waals surface area contributed by atoms with E-state index in [4.69, 9.17) is 0 Å². The van der Waals surface area contributed by atoms with E-state index in [0.29, 0.717) is 5.92 Å². The van der Waals surface area contributed by atoms with Crippen molar-refractivity contribution in [2.45, 2.75) is 33.1 Å². The summed E-state index contributed by atoms with van der Waals surface area (Å²) in [6, 6.07) is 0. The van der Waals surface area contributed by atoms with Gasteiger partial charge in [-0.05, 0) is 33.8 Å². The van der Waals surface area contributed by atoms with Crippen molar-refractivity contribution < 1.29 is 0 Å². The van der Waals surface area contributed by atoms with E-state index in [9.17, 15) is 0 Å². The molecule has 0 aliphatic carbocycles. The number of hydrogen-bond donors (Lipinski definition) is 0. The van der Waals surface area contributed by atoms with E-state index < -0.39 is 0 Å². The third-order valence-corrected chi connectivity index (χ3v) is 3.21. The highest BCUT2D eigenvalue weighted by Gasteiger charge is 2.13. The van der Waals surface area contributed by atoms with Crippen molar-refractivity contribution in [3.05, 3.63) is 28.1 Å². The van der Waals surface area contributed by atoms with Crippen LogP contribution in [0.4, 0.5) is 0 Å². The Bertz CT molecular complexity index is 488. The zero-order valence-corrected chi connectivity index (χ0v) is 10.7. The number of hydrogen-bond acceptors (Lipinski definition) is 2. The zero-order valence-electron chi connectivity index (χ0n) is 9.16. The fourth-order valence-corrected chi connectivity index (χ4v) is 2.34. The molecule has 2 heterocycles. The molecule has 0 aliphatic rings. The Morgan fingerprint density at radius 3 is 2.80 bits per heavy atom. The molecule has 0 atom stereocenters. The maximum atomic E-state index is 4.53. The van der Waals surface area contributed by atoms with Gasteiger partial charge in [-0.25, -0.2) is 9.50 Å². The van der Waals surface area contributed by atoms with E-state index in [2.05, 4.69) is 46.8 Å². The number of nitrogens with zero attached hydrogens (tertiary/aromatic N) is 3. The van der Waals surface area contributed by atoms with Gasteiger partial charge in [-0.15, -0.1) is 0 Å². The third kappa shape index (κ3) is 1.78. The first-order chi connectivity index (χ1) is 7.13. The lowest BCUT2D eigenvalue weighted by Crippen LogP contribution is -1.94. The Kier molecular flexibility index (Phi) is 2.78. The summed E-state index contributed by atoms with van der Waals surface area (Å²) in [5.74, 6) is 0.408. The SMILES string of the molecule is CCc1cnc2c(Br)c(C(C)C)nn2c1. The molecule has 0 N–H and O–H groups in total. The number of aromatic nitrogens is 3. The van der Waals surface area contributed by atoms with Crippen LogP contribution >= 0.6 is 15.9 Å². The number of halogens is 1. The molecule has 4 heteroatoms. The molecule has 2 rings (SSSR count). The van der Waals surface area contributed by atoms with Crippen LogP contribution < -0.4 is 0 Å². The fourth-order valence-electron chi connectivity index (χ4n) is 1.51. The molecule has 0 aliphatic heterocycles. The van der Waals surface area contributed by atoms with Crippen molar-refractivity contribution in [3.8, 4) is 0 Å². The summed E-state index contributed by atoms with van der Waals surface area (Å²) in [6.07, 6.45) is 4.93. The minimum atomic E-state index is 0.408. The molecule has 2 aromatic heterocycles. The van der Waals surface area contributed by atoms with Crippen molar-refractivity contribution >= 4 is 21.6 Å². The second kappa shape index (κ2) is 3.93. The molecule has 2 aromatic rings. The van der Waals surface area contributed by atoms with Crippen molar-refractivity contribution in [1.29, 1.82) is 0 Å². The lowest BCUT2D eigenvalue weighted by Gasteiger charge is -1.97. The average Bonchev–Trinajstić information content (AvgIpc) is 2.55. The van der Waals surface area contributed by atoms with E-state index in [-0.39, 0.29) is 0 Å². The summed E-state index contributed by atoms with van der Waals surface area (Å²) in [5, 5.41) is 4.53. The number of aryl methyl sites for hydroxylation is 1. The summed E-state index contributed by atoms with van der Waals surface area (Å²) in [4.78, 5) is 4.41. The maximum Gasteiger partial charge on any atom is 0.169 e. The van der Waals surface area contributed by atoms with Gasteiger partial charge in [0.25, 0.3) is 0 Å². The van der Waals surface area contributed by atoms with Gasteiger partial charge in [0.2, 0.25) is 0 Å². The summed E-state index contributed by atoms with van der Waals surface area (Å²) < 4.78 is 2.87. The molecular formula is C11H14BrN3. The molecule has 0 saturated carbocycles. The zero-order chi connectivity index (χ0) is 11.0. The van der Waals surface area contributed by atoms with Gasteiger partial charge in [0.05, 0.1) is 10.2 Å². The highest BCUT2D eigenvalue weighted by Crippen LogP contribution is 2.26. The first-order valence-corrected chi connectivity index (χ1v) is 5.95.